The van der Waals surface area contributed by atoms with Gasteiger partial charge in [-0.05, 0) is 71.5 Å². The number of hydrogen-bond donors (Lipinski definition) is 7. The summed E-state index contributed by atoms with van der Waals surface area (Å²) in [5.74, 6) is 0.230. The van der Waals surface area contributed by atoms with Gasteiger partial charge >= 0.3 is 0 Å². The van der Waals surface area contributed by atoms with Crippen LogP contribution in [0.15, 0.2) is 72.3 Å². The maximum Gasteiger partial charge on any atom is 0.122 e. The lowest BCUT2D eigenvalue weighted by atomic mass is 10.2. The number of hydrogen-bond acceptors (Lipinski definition) is 9. The van der Waals surface area contributed by atoms with Gasteiger partial charge in [0.2, 0.25) is 0 Å². The minimum absolute atomic E-state index is 0.0955. The first-order valence-corrected chi connectivity index (χ1v) is 11.9. The van der Waals surface area contributed by atoms with Crippen molar-refractivity contribution in [3.63, 3.8) is 0 Å². The number of phenols is 2. The van der Waals surface area contributed by atoms with E-state index in [1.807, 2.05) is 51.9 Å². The van der Waals surface area contributed by atoms with Gasteiger partial charge in [0.15, 0.2) is 0 Å². The van der Waals surface area contributed by atoms with Gasteiger partial charge in [0.1, 0.15) is 18.3 Å². The molecular weight excluding hydrogens is 500 g/mol. The van der Waals surface area contributed by atoms with Gasteiger partial charge in [0, 0.05) is 28.8 Å². The first kappa shape index (κ1) is 41.6. The summed E-state index contributed by atoms with van der Waals surface area (Å²) >= 11 is 4.32. The van der Waals surface area contributed by atoms with Gasteiger partial charge in [0.05, 0.1) is 13.4 Å². The monoisotopic (exact) mass is 546 g/mol. The van der Waals surface area contributed by atoms with Crippen molar-refractivity contribution in [2.45, 2.75) is 39.9 Å². The number of nitrogens with one attached hydrogen (secondary N) is 2. The van der Waals surface area contributed by atoms with Gasteiger partial charge in [-0.15, -0.1) is 13.2 Å². The average molecular weight is 547 g/mol. The van der Waals surface area contributed by atoms with Crippen molar-refractivity contribution in [1.82, 2.24) is 5.32 Å². The number of allylic oxidation sites excluding steroid dienone is 1. The summed E-state index contributed by atoms with van der Waals surface area (Å²) in [6.45, 7) is 18.4. The van der Waals surface area contributed by atoms with E-state index in [9.17, 15) is 0 Å². The smallest absolute Gasteiger partial charge is 0.122 e. The minimum Gasteiger partial charge on any atom is -0.508 e. The number of benzene rings is 2. The van der Waals surface area contributed by atoms with Gasteiger partial charge in [-0.2, -0.15) is 12.6 Å². The SMILES string of the molecule is C#CNc1ccc(C)cc1.C=C.C=O.CNC/N=C(C)\C=C(/C)C(C)S.Cc1ccc(O)cc1O.NCO. The quantitative estimate of drug-likeness (QED) is 0.0713. The molecule has 7 N–H and O–H groups in total. The van der Waals surface area contributed by atoms with Crippen LogP contribution in [-0.4, -0.2) is 53.5 Å². The molecule has 2 aromatic carbocycles. The fourth-order valence-electron chi connectivity index (χ4n) is 2.02. The minimum atomic E-state index is -0.250. The van der Waals surface area contributed by atoms with Crippen molar-refractivity contribution in [2.75, 3.05) is 25.8 Å². The third-order valence-corrected chi connectivity index (χ3v) is 4.45. The second-order valence-electron chi connectivity index (χ2n) is 7.16. The number of aromatic hydroxyl groups is 2. The van der Waals surface area contributed by atoms with Crippen LogP contribution in [0, 0.1) is 26.3 Å². The molecule has 2 rings (SSSR count). The zero-order valence-electron chi connectivity index (χ0n) is 23.5. The van der Waals surface area contributed by atoms with Crippen molar-refractivity contribution in [3.8, 4) is 24.0 Å². The molecule has 0 amide bonds. The largest absolute Gasteiger partial charge is 0.508 e. The highest BCUT2D eigenvalue weighted by molar-refractivity contribution is 7.81. The Morgan fingerprint density at radius 2 is 1.66 bits per heavy atom. The first-order chi connectivity index (χ1) is 18.0. The number of carbonyl (C=O) groups is 1. The molecule has 0 aliphatic heterocycles. The number of terminal acetylenes is 1. The third kappa shape index (κ3) is 27.0. The van der Waals surface area contributed by atoms with Gasteiger partial charge in [-0.1, -0.05) is 35.8 Å². The van der Waals surface area contributed by atoms with Gasteiger partial charge in [-0.25, -0.2) is 0 Å². The Labute approximate surface area is 234 Å². The lowest BCUT2D eigenvalue weighted by molar-refractivity contribution is -0.0980. The van der Waals surface area contributed by atoms with E-state index in [2.05, 4.69) is 73.1 Å². The molecule has 9 heteroatoms. The fourth-order valence-corrected chi connectivity index (χ4v) is 2.09. The molecule has 0 radical (unpaired) electrons. The molecule has 0 aliphatic rings. The van der Waals surface area contributed by atoms with Gasteiger partial charge in [0.25, 0.3) is 0 Å². The first-order valence-electron chi connectivity index (χ1n) is 11.4. The van der Waals surface area contributed by atoms with Crippen LogP contribution in [0.2, 0.25) is 0 Å². The number of aliphatic hydroxyl groups excluding tert-OH is 1. The predicted octanol–water partition coefficient (Wildman–Crippen LogP) is 4.80. The predicted molar refractivity (Wildman–Crippen MR) is 167 cm³/mol. The second-order valence-corrected chi connectivity index (χ2v) is 7.94. The molecule has 0 aromatic heterocycles. The molecule has 0 spiro atoms. The molecule has 38 heavy (non-hydrogen) atoms. The average Bonchev–Trinajstić information content (AvgIpc) is 2.90. The summed E-state index contributed by atoms with van der Waals surface area (Å²) in [7, 11) is 1.88. The Morgan fingerprint density at radius 1 is 1.16 bits per heavy atom. The van der Waals surface area contributed by atoms with Gasteiger partial charge in [-0.3, -0.25) is 4.99 Å². The summed E-state index contributed by atoms with van der Waals surface area (Å²) in [4.78, 5) is 12.3. The molecule has 0 heterocycles. The molecule has 1 unspecified atom stereocenters. The van der Waals surface area contributed by atoms with Crippen molar-refractivity contribution in [1.29, 1.82) is 0 Å². The van der Waals surface area contributed by atoms with E-state index < -0.39 is 0 Å². The van der Waals surface area contributed by atoms with Crippen LogP contribution in [-0.2, 0) is 4.79 Å². The zero-order chi connectivity index (χ0) is 30.5. The Kier molecular flexibility index (Phi) is 32.5. The Bertz CT molecular complexity index is 939. The number of aryl methyl sites for hydroxylation is 2. The molecule has 0 aliphatic carbocycles. The highest BCUT2D eigenvalue weighted by Gasteiger charge is 1.96. The normalized spacial score (nSPS) is 10.3. The number of nitrogens with two attached hydrogens (primary N) is 1. The van der Waals surface area contributed by atoms with Crippen LogP contribution in [0.3, 0.4) is 0 Å². The van der Waals surface area contributed by atoms with Crippen molar-refractivity contribution < 1.29 is 20.1 Å². The molecule has 0 saturated carbocycles. The van der Waals surface area contributed by atoms with Crippen LogP contribution in [0.4, 0.5) is 5.69 Å². The number of nitrogens with zero attached hydrogens (tertiary/aromatic N) is 1. The number of phenolic OH excluding ortho intramolecular Hbond substituents is 2. The number of aliphatic hydroxyl groups is 1. The number of rotatable bonds is 5. The summed E-state index contributed by atoms with van der Waals surface area (Å²) < 4.78 is 0. The summed E-state index contributed by atoms with van der Waals surface area (Å²) in [6, 6.07) is 14.8. The number of aliphatic imine (C=N–C) groups is 1. The fraction of sp³-hybridized carbons (Fsp3) is 0.310. The highest BCUT2D eigenvalue weighted by atomic mass is 32.1. The van der Waals surface area contributed by atoms with E-state index in [4.69, 9.17) is 26.5 Å². The van der Waals surface area contributed by atoms with Crippen LogP contribution < -0.4 is 16.4 Å². The molecular formula is C29H46N4O4S. The molecule has 212 valence electrons. The summed E-state index contributed by atoms with van der Waals surface area (Å²) in [5.41, 5.74) is 9.67. The molecule has 0 fully saturated rings. The van der Waals surface area contributed by atoms with Crippen LogP contribution in [0.5, 0.6) is 11.5 Å². The standard InChI is InChI=1S/C9H18N2S.C9H9N.C7H8O2.C2H4.CH5NO.CH2O/c1-7(9(3)12)5-8(2)11-6-10-4;1-3-10-9-6-4-8(2)5-7-9;1-5-2-3-6(8)4-7(5)9;1-2;2-1-3;1-2/h5,9-10,12H,6H2,1-4H3;1,4-7,10H,2H3;2-4,8-9H,1H3;1-2H2;3H,1-2H2;1H2/b7-5+,11-8-;;;;;. The lowest BCUT2D eigenvalue weighted by Gasteiger charge is -2.03. The van der Waals surface area contributed by atoms with Crippen LogP contribution in [0.25, 0.3) is 0 Å². The maximum absolute atomic E-state index is 8.94. The molecule has 8 nitrogen and oxygen atoms in total. The third-order valence-electron chi connectivity index (χ3n) is 4.04. The topological polar surface area (TPSA) is 140 Å². The summed E-state index contributed by atoms with van der Waals surface area (Å²) in [5, 5.41) is 31.1. The van der Waals surface area contributed by atoms with E-state index >= 15 is 0 Å². The van der Waals surface area contributed by atoms with Crippen molar-refractivity contribution in [3.05, 3.63) is 78.4 Å². The van der Waals surface area contributed by atoms with Gasteiger partial charge < -0.3 is 36.5 Å². The Hall–Kier alpha value is -3.55. The van der Waals surface area contributed by atoms with E-state index in [-0.39, 0.29) is 18.2 Å². The van der Waals surface area contributed by atoms with Crippen molar-refractivity contribution >= 4 is 30.8 Å². The van der Waals surface area contributed by atoms with Crippen molar-refractivity contribution in [2.24, 2.45) is 10.7 Å². The molecule has 1 atom stereocenters. The number of anilines is 1. The van der Waals surface area contributed by atoms with E-state index in [1.54, 1.807) is 13.0 Å². The van der Waals surface area contributed by atoms with E-state index in [1.165, 1.54) is 23.3 Å². The Morgan fingerprint density at radius 3 is 2.03 bits per heavy atom. The Balaban J connectivity index is -0.000000205. The summed E-state index contributed by atoms with van der Waals surface area (Å²) in [6.07, 6.45) is 7.10. The number of thiol groups is 1. The molecule has 2 aromatic rings. The maximum atomic E-state index is 8.94. The van der Waals surface area contributed by atoms with Crippen LogP contribution in [0.1, 0.15) is 31.9 Å². The van der Waals surface area contributed by atoms with E-state index in [0.717, 1.165) is 17.0 Å². The van der Waals surface area contributed by atoms with E-state index in [0.29, 0.717) is 11.9 Å². The second kappa shape index (κ2) is 29.7. The lowest BCUT2D eigenvalue weighted by Crippen LogP contribution is -2.07. The highest BCUT2D eigenvalue weighted by Crippen LogP contribution is 2.20. The van der Waals surface area contributed by atoms with Crippen LogP contribution >= 0.6 is 12.6 Å². The molecule has 0 saturated heterocycles. The zero-order valence-corrected chi connectivity index (χ0v) is 24.4. The molecule has 0 bridgehead atoms. The number of carbonyl (C=O) groups excluding carboxylic acids is 1.